The van der Waals surface area contributed by atoms with Gasteiger partial charge in [0, 0.05) is 32.3 Å². The topological polar surface area (TPSA) is 58.8 Å². The van der Waals surface area contributed by atoms with Gasteiger partial charge in [-0.15, -0.1) is 11.3 Å². The summed E-state index contributed by atoms with van der Waals surface area (Å²) in [6.07, 6.45) is 0. The fourth-order valence-corrected chi connectivity index (χ4v) is 9.66. The monoisotopic (exact) mass is 693 g/mol. The number of para-hydroxylation sites is 1. The van der Waals surface area contributed by atoms with Crippen LogP contribution in [-0.4, -0.2) is 9.97 Å². The van der Waals surface area contributed by atoms with Gasteiger partial charge in [-0.25, -0.2) is 9.97 Å². The first-order valence-corrected chi connectivity index (χ1v) is 18.4. The van der Waals surface area contributed by atoms with Gasteiger partial charge in [-0.05, 0) is 75.8 Å². The number of hydrogen-bond acceptors (Lipinski definition) is 5. The van der Waals surface area contributed by atoms with Crippen molar-refractivity contribution in [3.63, 3.8) is 0 Å². The fraction of sp³-hybridized carbons (Fsp3) is 0.0208. The molecule has 1 atom stereocenters. The van der Waals surface area contributed by atoms with Gasteiger partial charge in [0.05, 0.1) is 33.0 Å². The van der Waals surface area contributed by atoms with Crippen LogP contribution < -0.4 is 4.74 Å². The first kappa shape index (κ1) is 29.8. The van der Waals surface area contributed by atoms with Gasteiger partial charge in [0.25, 0.3) is 0 Å². The number of nitriles is 1. The molecule has 1 spiro atoms. The summed E-state index contributed by atoms with van der Waals surface area (Å²) in [5, 5.41) is 10.8. The molecule has 246 valence electrons. The number of ether oxygens (including phenoxy) is 1. The number of hydrogen-bond donors (Lipinski definition) is 0. The smallest absolute Gasteiger partial charge is 0.160 e. The average molecular weight is 694 g/mol. The van der Waals surface area contributed by atoms with Crippen molar-refractivity contribution in [1.82, 2.24) is 9.97 Å². The number of benzene rings is 7. The number of nitrogens with zero attached hydrogens (tertiary/aromatic N) is 3. The highest BCUT2D eigenvalue weighted by Gasteiger charge is 2.51. The van der Waals surface area contributed by atoms with E-state index in [4.69, 9.17) is 14.7 Å². The lowest BCUT2D eigenvalue weighted by molar-refractivity contribution is 0.436. The Morgan fingerprint density at radius 2 is 1.26 bits per heavy atom. The molecule has 1 unspecified atom stereocenters. The maximum Gasteiger partial charge on any atom is 0.160 e. The highest BCUT2D eigenvalue weighted by atomic mass is 32.1. The van der Waals surface area contributed by atoms with Crippen molar-refractivity contribution in [3.8, 4) is 62.5 Å². The molecule has 0 bridgehead atoms. The van der Waals surface area contributed by atoms with Crippen molar-refractivity contribution in [2.45, 2.75) is 5.41 Å². The Bertz CT molecular complexity index is 3010. The van der Waals surface area contributed by atoms with Gasteiger partial charge >= 0.3 is 0 Å². The average Bonchev–Trinajstić information content (AvgIpc) is 3.74. The van der Waals surface area contributed by atoms with Gasteiger partial charge in [-0.3, -0.25) is 0 Å². The Morgan fingerprint density at radius 1 is 0.528 bits per heavy atom. The predicted molar refractivity (Wildman–Crippen MR) is 213 cm³/mol. The number of rotatable bonds is 3. The van der Waals surface area contributed by atoms with E-state index in [2.05, 4.69) is 146 Å². The Morgan fingerprint density at radius 3 is 2.17 bits per heavy atom. The van der Waals surface area contributed by atoms with E-state index in [-0.39, 0.29) is 0 Å². The minimum atomic E-state index is -0.596. The summed E-state index contributed by atoms with van der Waals surface area (Å²) in [4.78, 5) is 10.4. The largest absolute Gasteiger partial charge is 0.457 e. The molecule has 0 radical (unpaired) electrons. The third kappa shape index (κ3) is 4.28. The Labute approximate surface area is 309 Å². The molecule has 53 heavy (non-hydrogen) atoms. The van der Waals surface area contributed by atoms with Crippen molar-refractivity contribution >= 4 is 31.6 Å². The van der Waals surface area contributed by atoms with Crippen LogP contribution in [0.5, 0.6) is 11.5 Å². The first-order chi connectivity index (χ1) is 26.2. The molecule has 5 heteroatoms. The van der Waals surface area contributed by atoms with Crippen molar-refractivity contribution in [2.24, 2.45) is 0 Å². The van der Waals surface area contributed by atoms with Crippen LogP contribution in [0.25, 0.3) is 65.2 Å². The number of thiophene rings is 1. The van der Waals surface area contributed by atoms with Gasteiger partial charge in [0.2, 0.25) is 0 Å². The minimum Gasteiger partial charge on any atom is -0.457 e. The van der Waals surface area contributed by atoms with E-state index in [1.54, 1.807) is 11.3 Å². The molecule has 0 saturated heterocycles. The summed E-state index contributed by atoms with van der Waals surface area (Å²) in [5.74, 6) is 2.33. The quantitative estimate of drug-likeness (QED) is 0.185. The van der Waals surface area contributed by atoms with Crippen molar-refractivity contribution in [2.75, 3.05) is 0 Å². The van der Waals surface area contributed by atoms with Crippen LogP contribution in [0.1, 0.15) is 27.8 Å². The van der Waals surface area contributed by atoms with Gasteiger partial charge in [0.1, 0.15) is 11.5 Å². The van der Waals surface area contributed by atoms with Gasteiger partial charge in [0.15, 0.2) is 5.82 Å². The Hall–Kier alpha value is -6.87. The summed E-state index contributed by atoms with van der Waals surface area (Å²) in [6, 6.07) is 59.6. The van der Waals surface area contributed by atoms with Gasteiger partial charge < -0.3 is 4.74 Å². The van der Waals surface area contributed by atoms with Crippen LogP contribution in [0.2, 0.25) is 0 Å². The molecule has 9 aromatic rings. The zero-order valence-corrected chi connectivity index (χ0v) is 29.1. The summed E-state index contributed by atoms with van der Waals surface area (Å²) in [6.45, 7) is 0. The molecular weight excluding hydrogens is 667 g/mol. The second-order valence-corrected chi connectivity index (χ2v) is 14.6. The maximum absolute atomic E-state index is 9.70. The standard InChI is InChI=1S/C48H27N3OS/c49-28-29-11-10-14-33(25-29)47-50-44(46-45(51-47)35-16-5-9-20-43(35)53-46)32-21-23-38-36(26-32)34-15-4-6-17-37(34)48(38)39-18-7-8-19-41(39)52-42-24-22-31(27-40(42)48)30-12-2-1-3-13-30/h1-27H. The molecule has 0 fully saturated rings. The molecule has 0 amide bonds. The minimum absolute atomic E-state index is 0.579. The van der Waals surface area contributed by atoms with Crippen LogP contribution in [0.4, 0.5) is 0 Å². The van der Waals surface area contributed by atoms with E-state index in [1.165, 1.54) is 27.8 Å². The van der Waals surface area contributed by atoms with Crippen molar-refractivity contribution in [3.05, 3.63) is 192 Å². The predicted octanol–water partition coefficient (Wildman–Crippen LogP) is 12.2. The maximum atomic E-state index is 9.70. The molecule has 4 nitrogen and oxygen atoms in total. The molecule has 3 heterocycles. The second-order valence-electron chi connectivity index (χ2n) is 13.6. The van der Waals surface area contributed by atoms with Gasteiger partial charge in [-0.1, -0.05) is 121 Å². The molecule has 2 aromatic heterocycles. The van der Waals surface area contributed by atoms with Crippen LogP contribution >= 0.6 is 11.3 Å². The lowest BCUT2D eigenvalue weighted by Crippen LogP contribution is -2.32. The third-order valence-electron chi connectivity index (χ3n) is 10.8. The molecule has 0 saturated carbocycles. The van der Waals surface area contributed by atoms with Crippen LogP contribution in [0.3, 0.4) is 0 Å². The zero-order chi connectivity index (χ0) is 35.1. The fourth-order valence-electron chi connectivity index (χ4n) is 8.51. The van der Waals surface area contributed by atoms with E-state index in [9.17, 15) is 5.26 Å². The molecule has 2 aliphatic rings. The normalized spacial score (nSPS) is 15.0. The van der Waals surface area contributed by atoms with E-state index < -0.39 is 5.41 Å². The van der Waals surface area contributed by atoms with Crippen LogP contribution in [0, 0.1) is 11.3 Å². The number of aromatic nitrogens is 2. The molecule has 0 N–H and O–H groups in total. The number of fused-ring (bicyclic) bond motifs is 12. The second kappa shape index (κ2) is 11.3. The van der Waals surface area contributed by atoms with Crippen molar-refractivity contribution < 1.29 is 4.74 Å². The van der Waals surface area contributed by atoms with Crippen LogP contribution in [-0.2, 0) is 5.41 Å². The highest BCUT2D eigenvalue weighted by Crippen LogP contribution is 2.62. The lowest BCUT2D eigenvalue weighted by atomic mass is 9.65. The third-order valence-corrected chi connectivity index (χ3v) is 12.0. The summed E-state index contributed by atoms with van der Waals surface area (Å²) in [7, 11) is 0. The highest BCUT2D eigenvalue weighted by molar-refractivity contribution is 7.26. The Balaban J connectivity index is 1.19. The molecule has 11 rings (SSSR count). The van der Waals surface area contributed by atoms with Crippen LogP contribution in [0.15, 0.2) is 164 Å². The SMILES string of the molecule is N#Cc1cccc(-c2nc(-c3ccc4c(c3)-c3ccccc3C43c4ccccc4Oc4ccc(-c5ccccc5)cc43)c3sc4ccccc4c3n2)c1. The Kier molecular flexibility index (Phi) is 6.37. The molecule has 1 aliphatic heterocycles. The van der Waals surface area contributed by atoms with E-state index >= 15 is 0 Å². The van der Waals surface area contributed by atoms with Gasteiger partial charge in [-0.2, -0.15) is 5.26 Å². The van der Waals surface area contributed by atoms with E-state index in [0.717, 1.165) is 65.3 Å². The summed E-state index contributed by atoms with van der Waals surface area (Å²) < 4.78 is 8.90. The van der Waals surface area contributed by atoms with Crippen molar-refractivity contribution in [1.29, 1.82) is 5.26 Å². The lowest BCUT2D eigenvalue weighted by Gasteiger charge is -2.39. The summed E-state index contributed by atoms with van der Waals surface area (Å²) in [5.41, 5.74) is 13.0. The van der Waals surface area contributed by atoms with E-state index in [0.29, 0.717) is 11.4 Å². The molecular formula is C48H27N3OS. The summed E-state index contributed by atoms with van der Waals surface area (Å²) >= 11 is 1.72. The first-order valence-electron chi connectivity index (χ1n) is 17.6. The molecule has 7 aromatic carbocycles. The zero-order valence-electron chi connectivity index (χ0n) is 28.2. The molecule has 1 aliphatic carbocycles. The van der Waals surface area contributed by atoms with E-state index in [1.807, 2.05) is 24.3 Å².